The zero-order valence-electron chi connectivity index (χ0n) is 16.9. The van der Waals surface area contributed by atoms with E-state index in [1.807, 2.05) is 47.3 Å². The lowest BCUT2D eigenvalue weighted by Crippen LogP contribution is -2.24. The molecule has 1 N–H and O–H groups in total. The van der Waals surface area contributed by atoms with Crippen molar-refractivity contribution < 1.29 is 13.9 Å². The fourth-order valence-electron chi connectivity index (χ4n) is 3.25. The van der Waals surface area contributed by atoms with Gasteiger partial charge in [-0.1, -0.05) is 48.5 Å². The molecule has 1 amide bonds. The van der Waals surface area contributed by atoms with Crippen LogP contribution in [0.3, 0.4) is 0 Å². The molecule has 4 rings (SSSR count). The molecule has 0 aliphatic carbocycles. The summed E-state index contributed by atoms with van der Waals surface area (Å²) in [5.74, 6) is -0.0332. The lowest BCUT2D eigenvalue weighted by Gasteiger charge is -2.13. The van der Waals surface area contributed by atoms with E-state index in [1.165, 1.54) is 12.1 Å². The highest BCUT2D eigenvalue weighted by Crippen LogP contribution is 2.20. The molecule has 5 nitrogen and oxygen atoms in total. The van der Waals surface area contributed by atoms with E-state index < -0.39 is 0 Å². The van der Waals surface area contributed by atoms with Crippen LogP contribution in [-0.4, -0.2) is 15.7 Å². The van der Waals surface area contributed by atoms with Gasteiger partial charge in [-0.2, -0.15) is 5.10 Å². The monoisotopic (exact) mass is 415 g/mol. The van der Waals surface area contributed by atoms with Crippen molar-refractivity contribution in [1.82, 2.24) is 15.1 Å². The molecule has 1 heterocycles. The number of amides is 1. The quantitative estimate of drug-likeness (QED) is 0.458. The number of rotatable bonds is 8. The first-order valence-corrected chi connectivity index (χ1v) is 9.98. The second-order valence-electron chi connectivity index (χ2n) is 7.07. The zero-order chi connectivity index (χ0) is 21.5. The Kier molecular flexibility index (Phi) is 6.38. The summed E-state index contributed by atoms with van der Waals surface area (Å²) in [6, 6.07) is 23.0. The van der Waals surface area contributed by atoms with Crippen molar-refractivity contribution in [2.45, 2.75) is 19.7 Å². The second kappa shape index (κ2) is 9.71. The van der Waals surface area contributed by atoms with Gasteiger partial charge in [0.25, 0.3) is 5.91 Å². The zero-order valence-corrected chi connectivity index (χ0v) is 16.9. The van der Waals surface area contributed by atoms with Crippen LogP contribution in [0.1, 0.15) is 27.0 Å². The third-order valence-corrected chi connectivity index (χ3v) is 4.89. The second-order valence-corrected chi connectivity index (χ2v) is 7.07. The maximum absolute atomic E-state index is 13.1. The summed E-state index contributed by atoms with van der Waals surface area (Å²) in [6.45, 7) is 1.27. The van der Waals surface area contributed by atoms with Gasteiger partial charge in [0.1, 0.15) is 18.2 Å². The third kappa shape index (κ3) is 5.36. The van der Waals surface area contributed by atoms with Crippen LogP contribution < -0.4 is 10.1 Å². The first kappa shape index (κ1) is 20.3. The fourth-order valence-corrected chi connectivity index (χ4v) is 3.25. The normalized spacial score (nSPS) is 10.6. The van der Waals surface area contributed by atoms with Gasteiger partial charge in [-0.3, -0.25) is 9.48 Å². The number of carbonyl (C=O) groups is 1. The van der Waals surface area contributed by atoms with Gasteiger partial charge in [0, 0.05) is 18.9 Å². The van der Waals surface area contributed by atoms with E-state index in [0.717, 1.165) is 16.7 Å². The van der Waals surface area contributed by atoms with E-state index in [-0.39, 0.29) is 18.3 Å². The van der Waals surface area contributed by atoms with Crippen LogP contribution in [0.2, 0.25) is 0 Å². The highest BCUT2D eigenvalue weighted by molar-refractivity contribution is 5.96. The number of ether oxygens (including phenoxy) is 1. The number of aromatic nitrogens is 2. The lowest BCUT2D eigenvalue weighted by molar-refractivity contribution is 0.0946. The topological polar surface area (TPSA) is 56.2 Å². The van der Waals surface area contributed by atoms with E-state index in [0.29, 0.717) is 24.4 Å². The van der Waals surface area contributed by atoms with Gasteiger partial charge in [0.2, 0.25) is 0 Å². The molecular weight excluding hydrogens is 393 g/mol. The fraction of sp³-hybridized carbons (Fsp3) is 0.120. The number of nitrogens with one attached hydrogen (secondary N) is 1. The first-order valence-electron chi connectivity index (χ1n) is 9.98. The van der Waals surface area contributed by atoms with Crippen LogP contribution in [0.25, 0.3) is 0 Å². The Morgan fingerprint density at radius 1 is 0.935 bits per heavy atom. The molecule has 0 fully saturated rings. The third-order valence-electron chi connectivity index (χ3n) is 4.89. The SMILES string of the molecule is O=C(NCc1ccccc1Cn1cccn1)c1ccccc1OCc1ccc(F)cc1. The van der Waals surface area contributed by atoms with E-state index in [2.05, 4.69) is 10.4 Å². The van der Waals surface area contributed by atoms with Gasteiger partial charge in [-0.25, -0.2) is 4.39 Å². The number of benzene rings is 3. The first-order chi connectivity index (χ1) is 15.2. The standard InChI is InChI=1S/C25H22FN3O2/c26-22-12-10-19(11-13-22)18-31-24-9-4-3-8-23(24)25(30)27-16-20-6-1-2-7-21(20)17-29-15-5-14-28-29/h1-15H,16-18H2,(H,27,30). The Morgan fingerprint density at radius 3 is 2.45 bits per heavy atom. The Hall–Kier alpha value is -3.93. The van der Waals surface area contributed by atoms with Crippen LogP contribution in [0, 0.1) is 5.82 Å². The van der Waals surface area contributed by atoms with Gasteiger partial charge < -0.3 is 10.1 Å². The lowest BCUT2D eigenvalue weighted by atomic mass is 10.1. The van der Waals surface area contributed by atoms with E-state index in [9.17, 15) is 9.18 Å². The number of carbonyl (C=O) groups excluding carboxylic acids is 1. The smallest absolute Gasteiger partial charge is 0.255 e. The van der Waals surface area contributed by atoms with E-state index in [4.69, 9.17) is 4.74 Å². The molecule has 31 heavy (non-hydrogen) atoms. The number of halogens is 1. The minimum absolute atomic E-state index is 0.219. The molecule has 0 aliphatic heterocycles. The highest BCUT2D eigenvalue weighted by Gasteiger charge is 2.13. The summed E-state index contributed by atoms with van der Waals surface area (Å²) in [7, 11) is 0. The number of nitrogens with zero attached hydrogens (tertiary/aromatic N) is 2. The van der Waals surface area contributed by atoms with Crippen molar-refractivity contribution in [3.05, 3.63) is 119 Å². The highest BCUT2D eigenvalue weighted by atomic mass is 19.1. The summed E-state index contributed by atoms with van der Waals surface area (Å²) >= 11 is 0. The van der Waals surface area contributed by atoms with Crippen LogP contribution >= 0.6 is 0 Å². The van der Waals surface area contributed by atoms with Crippen molar-refractivity contribution in [2.75, 3.05) is 0 Å². The predicted molar refractivity (Wildman–Crippen MR) is 116 cm³/mol. The van der Waals surface area contributed by atoms with Crippen molar-refractivity contribution in [3.8, 4) is 5.75 Å². The molecule has 0 aliphatic rings. The van der Waals surface area contributed by atoms with Crippen LogP contribution in [0.15, 0.2) is 91.3 Å². The summed E-state index contributed by atoms with van der Waals surface area (Å²) < 4.78 is 20.8. The Morgan fingerprint density at radius 2 is 1.68 bits per heavy atom. The van der Waals surface area contributed by atoms with Gasteiger partial charge in [-0.05, 0) is 47.0 Å². The van der Waals surface area contributed by atoms with Crippen molar-refractivity contribution in [2.24, 2.45) is 0 Å². The molecule has 0 unspecified atom stereocenters. The van der Waals surface area contributed by atoms with Gasteiger partial charge >= 0.3 is 0 Å². The number of hydrogen-bond donors (Lipinski definition) is 1. The van der Waals surface area contributed by atoms with Crippen LogP contribution in [0.5, 0.6) is 5.75 Å². The van der Waals surface area contributed by atoms with Crippen molar-refractivity contribution >= 4 is 5.91 Å². The van der Waals surface area contributed by atoms with Crippen LogP contribution in [-0.2, 0) is 19.7 Å². The molecule has 0 radical (unpaired) electrons. The summed E-state index contributed by atoms with van der Waals surface area (Å²) in [6.07, 6.45) is 3.65. The minimum Gasteiger partial charge on any atom is -0.488 e. The van der Waals surface area contributed by atoms with Crippen molar-refractivity contribution in [1.29, 1.82) is 0 Å². The molecule has 1 aromatic heterocycles. The molecule has 6 heteroatoms. The number of hydrogen-bond acceptors (Lipinski definition) is 3. The Labute approximate surface area is 180 Å². The maximum atomic E-state index is 13.1. The molecular formula is C25H22FN3O2. The molecule has 0 saturated heterocycles. The average molecular weight is 415 g/mol. The Balaban J connectivity index is 1.42. The van der Waals surface area contributed by atoms with E-state index >= 15 is 0 Å². The van der Waals surface area contributed by atoms with Gasteiger partial charge in [0.05, 0.1) is 12.1 Å². The molecule has 0 bridgehead atoms. The van der Waals surface area contributed by atoms with Crippen LogP contribution in [0.4, 0.5) is 4.39 Å². The minimum atomic E-state index is -0.295. The summed E-state index contributed by atoms with van der Waals surface area (Å²) in [4.78, 5) is 12.9. The van der Waals surface area contributed by atoms with Gasteiger partial charge in [-0.15, -0.1) is 0 Å². The maximum Gasteiger partial charge on any atom is 0.255 e. The summed E-state index contributed by atoms with van der Waals surface area (Å²) in [5.41, 5.74) is 3.39. The molecule has 3 aromatic carbocycles. The number of para-hydroxylation sites is 1. The molecule has 0 atom stereocenters. The molecule has 4 aromatic rings. The van der Waals surface area contributed by atoms with Crippen molar-refractivity contribution in [3.63, 3.8) is 0 Å². The molecule has 156 valence electrons. The summed E-state index contributed by atoms with van der Waals surface area (Å²) in [5, 5.41) is 7.23. The molecule has 0 spiro atoms. The predicted octanol–water partition coefficient (Wildman–Crippen LogP) is 4.58. The Bertz CT molecular complexity index is 1140. The largest absolute Gasteiger partial charge is 0.488 e. The van der Waals surface area contributed by atoms with Gasteiger partial charge in [0.15, 0.2) is 0 Å². The average Bonchev–Trinajstić information content (AvgIpc) is 3.31. The van der Waals surface area contributed by atoms with E-state index in [1.54, 1.807) is 36.5 Å². The molecule has 0 saturated carbocycles.